The normalized spacial score (nSPS) is 14.4. The Labute approximate surface area is 176 Å². The molecule has 8 heteroatoms. The number of halogens is 5. The smallest absolute Gasteiger partial charge is 0.380 e. The Balaban J connectivity index is 2.11. The van der Waals surface area contributed by atoms with Crippen molar-refractivity contribution in [2.45, 2.75) is 32.5 Å². The number of nitrogens with zero attached hydrogens (tertiary/aromatic N) is 2. The maximum Gasteiger partial charge on any atom is 0.416 e. The van der Waals surface area contributed by atoms with Crippen molar-refractivity contribution in [3.8, 4) is 11.1 Å². The Morgan fingerprint density at radius 2 is 1.53 bits per heavy atom. The number of hydrogen-bond donors (Lipinski definition) is 1. The van der Waals surface area contributed by atoms with E-state index in [1.807, 2.05) is 20.8 Å². The largest absolute Gasteiger partial charge is 0.416 e. The van der Waals surface area contributed by atoms with E-state index in [0.717, 1.165) is 12.1 Å². The van der Waals surface area contributed by atoms with Crippen molar-refractivity contribution in [3.05, 3.63) is 82.6 Å². The van der Waals surface area contributed by atoms with E-state index in [9.17, 15) is 22.7 Å². The van der Waals surface area contributed by atoms with E-state index in [-0.39, 0.29) is 16.1 Å². The molecule has 0 aliphatic heterocycles. The predicted molar refractivity (Wildman–Crippen MR) is 106 cm³/mol. The zero-order valence-corrected chi connectivity index (χ0v) is 17.2. The first-order valence-corrected chi connectivity index (χ1v) is 9.38. The van der Waals surface area contributed by atoms with Gasteiger partial charge in [0, 0.05) is 34.1 Å². The molecule has 1 atom stereocenters. The molecule has 0 spiro atoms. The van der Waals surface area contributed by atoms with Gasteiger partial charge in [-0.3, -0.25) is 0 Å². The summed E-state index contributed by atoms with van der Waals surface area (Å²) in [6.07, 6.45) is -0.331. The number of hydrogen-bond acceptors (Lipinski definition) is 3. The summed E-state index contributed by atoms with van der Waals surface area (Å²) in [5.41, 5.74) is -2.33. The van der Waals surface area contributed by atoms with E-state index in [0.29, 0.717) is 17.2 Å². The quantitative estimate of drug-likeness (QED) is 0.492. The van der Waals surface area contributed by atoms with Crippen LogP contribution in [0.25, 0.3) is 11.1 Å². The summed E-state index contributed by atoms with van der Waals surface area (Å²) >= 11 is 6.47. The monoisotopic (exact) mass is 438 g/mol. The van der Waals surface area contributed by atoms with Gasteiger partial charge in [0.05, 0.1) is 5.56 Å². The Morgan fingerprint density at radius 1 is 0.900 bits per heavy atom. The van der Waals surface area contributed by atoms with Crippen LogP contribution < -0.4 is 0 Å². The second-order valence-corrected chi connectivity index (χ2v) is 8.38. The highest BCUT2D eigenvalue weighted by Crippen LogP contribution is 2.47. The zero-order chi connectivity index (χ0) is 22.3. The molecule has 1 heterocycles. The van der Waals surface area contributed by atoms with Crippen LogP contribution >= 0.6 is 11.6 Å². The van der Waals surface area contributed by atoms with Crippen molar-refractivity contribution in [1.82, 2.24) is 9.97 Å². The average Bonchev–Trinajstić information content (AvgIpc) is 2.66. The van der Waals surface area contributed by atoms with Gasteiger partial charge in [-0.1, -0.05) is 50.6 Å². The van der Waals surface area contributed by atoms with Crippen LogP contribution in [0.2, 0.25) is 5.02 Å². The standard InChI is InChI=1S/C22H19ClF4N2O/c1-20(2,3)21(30,15-10-28-12-29-11-15)17-7-4-13(8-18(17)23)16-6-5-14(9-19(16)24)22(25,26)27/h4-12,30H,1-3H3. The van der Waals surface area contributed by atoms with E-state index in [1.54, 1.807) is 0 Å². The first-order valence-electron chi connectivity index (χ1n) is 9.00. The summed E-state index contributed by atoms with van der Waals surface area (Å²) < 4.78 is 52.8. The fourth-order valence-corrected chi connectivity index (χ4v) is 3.70. The summed E-state index contributed by atoms with van der Waals surface area (Å²) in [6.45, 7) is 5.46. The molecule has 0 aliphatic carbocycles. The van der Waals surface area contributed by atoms with Crippen LogP contribution in [0, 0.1) is 11.2 Å². The molecule has 2 aromatic carbocycles. The second kappa shape index (κ2) is 7.63. The van der Waals surface area contributed by atoms with Gasteiger partial charge in [0.2, 0.25) is 0 Å². The number of benzene rings is 2. The number of aromatic nitrogens is 2. The van der Waals surface area contributed by atoms with Crippen molar-refractivity contribution in [2.24, 2.45) is 5.41 Å². The molecule has 158 valence electrons. The maximum absolute atomic E-state index is 14.4. The number of alkyl halides is 3. The lowest BCUT2D eigenvalue weighted by atomic mass is 9.69. The van der Waals surface area contributed by atoms with Gasteiger partial charge in [-0.15, -0.1) is 0 Å². The highest BCUT2D eigenvalue weighted by atomic mass is 35.5. The average molecular weight is 439 g/mol. The van der Waals surface area contributed by atoms with Crippen molar-refractivity contribution < 1.29 is 22.7 Å². The topological polar surface area (TPSA) is 46.0 Å². The molecular weight excluding hydrogens is 420 g/mol. The molecule has 0 saturated carbocycles. The lowest BCUT2D eigenvalue weighted by Gasteiger charge is -2.41. The molecule has 0 radical (unpaired) electrons. The molecule has 3 rings (SSSR count). The molecule has 0 bridgehead atoms. The zero-order valence-electron chi connectivity index (χ0n) is 16.4. The van der Waals surface area contributed by atoms with Crippen molar-refractivity contribution in [1.29, 1.82) is 0 Å². The van der Waals surface area contributed by atoms with Gasteiger partial charge in [-0.25, -0.2) is 14.4 Å². The van der Waals surface area contributed by atoms with Crippen LogP contribution in [0.5, 0.6) is 0 Å². The van der Waals surface area contributed by atoms with E-state index in [1.165, 1.54) is 36.9 Å². The van der Waals surface area contributed by atoms with E-state index < -0.39 is 28.6 Å². The summed E-state index contributed by atoms with van der Waals surface area (Å²) in [5, 5.41) is 11.8. The van der Waals surface area contributed by atoms with Crippen molar-refractivity contribution in [3.63, 3.8) is 0 Å². The second-order valence-electron chi connectivity index (χ2n) is 7.97. The lowest BCUT2D eigenvalue weighted by Crippen LogP contribution is -2.41. The molecule has 0 amide bonds. The van der Waals surface area contributed by atoms with Gasteiger partial charge in [0.15, 0.2) is 0 Å². The molecular formula is C22H19ClF4N2O. The molecule has 0 aliphatic rings. The molecule has 30 heavy (non-hydrogen) atoms. The van der Waals surface area contributed by atoms with Gasteiger partial charge < -0.3 is 5.11 Å². The highest BCUT2D eigenvalue weighted by molar-refractivity contribution is 6.31. The van der Waals surface area contributed by atoms with Crippen LogP contribution in [0.4, 0.5) is 17.6 Å². The first kappa shape index (κ1) is 22.2. The highest BCUT2D eigenvalue weighted by Gasteiger charge is 2.45. The molecule has 1 unspecified atom stereocenters. The molecule has 1 N–H and O–H groups in total. The summed E-state index contributed by atoms with van der Waals surface area (Å²) in [6, 6.07) is 6.78. The Morgan fingerprint density at radius 3 is 2.03 bits per heavy atom. The Hall–Kier alpha value is -2.51. The molecule has 1 aromatic heterocycles. The van der Waals surface area contributed by atoms with Crippen molar-refractivity contribution >= 4 is 11.6 Å². The summed E-state index contributed by atoms with van der Waals surface area (Å²) in [4.78, 5) is 7.94. The minimum absolute atomic E-state index is 0.0289. The van der Waals surface area contributed by atoms with Crippen LogP contribution in [0.15, 0.2) is 55.1 Å². The van der Waals surface area contributed by atoms with Gasteiger partial charge in [0.25, 0.3) is 0 Å². The van der Waals surface area contributed by atoms with Crippen LogP contribution in [-0.2, 0) is 11.8 Å². The molecule has 3 nitrogen and oxygen atoms in total. The summed E-state index contributed by atoms with van der Waals surface area (Å²) in [7, 11) is 0. The van der Waals surface area contributed by atoms with Gasteiger partial charge in [0.1, 0.15) is 17.7 Å². The third kappa shape index (κ3) is 3.91. The third-order valence-electron chi connectivity index (χ3n) is 5.03. The lowest BCUT2D eigenvalue weighted by molar-refractivity contribution is -0.137. The van der Waals surface area contributed by atoms with Gasteiger partial charge in [-0.05, 0) is 29.2 Å². The SMILES string of the molecule is CC(C)(C)C(O)(c1cncnc1)c1ccc(-c2ccc(C(F)(F)F)cc2F)cc1Cl. The number of aliphatic hydroxyl groups is 1. The van der Waals surface area contributed by atoms with Crippen LogP contribution in [0.3, 0.4) is 0 Å². The minimum atomic E-state index is -4.64. The third-order valence-corrected chi connectivity index (χ3v) is 5.34. The van der Waals surface area contributed by atoms with Gasteiger partial charge >= 0.3 is 6.18 Å². The van der Waals surface area contributed by atoms with E-state index in [4.69, 9.17) is 11.6 Å². The minimum Gasteiger partial charge on any atom is -0.380 e. The predicted octanol–water partition coefficient (Wildman–Crippen LogP) is 6.24. The van der Waals surface area contributed by atoms with Crippen molar-refractivity contribution in [2.75, 3.05) is 0 Å². The van der Waals surface area contributed by atoms with Crippen LogP contribution in [-0.4, -0.2) is 15.1 Å². The van der Waals surface area contributed by atoms with Crippen LogP contribution in [0.1, 0.15) is 37.5 Å². The van der Waals surface area contributed by atoms with E-state index in [2.05, 4.69) is 9.97 Å². The number of rotatable bonds is 3. The fourth-order valence-electron chi connectivity index (χ4n) is 3.38. The van der Waals surface area contributed by atoms with Gasteiger partial charge in [-0.2, -0.15) is 13.2 Å². The fraction of sp³-hybridized carbons (Fsp3) is 0.273. The molecule has 3 aromatic rings. The summed E-state index contributed by atoms with van der Waals surface area (Å²) in [5.74, 6) is -1.02. The first-order chi connectivity index (χ1) is 13.9. The molecule has 0 fully saturated rings. The Kier molecular flexibility index (Phi) is 5.64. The van der Waals surface area contributed by atoms with E-state index >= 15 is 0 Å². The Bertz CT molecular complexity index is 1060. The molecule has 0 saturated heterocycles. The maximum atomic E-state index is 14.4.